The van der Waals surface area contributed by atoms with Crippen LogP contribution in [0.2, 0.25) is 0 Å². The summed E-state index contributed by atoms with van der Waals surface area (Å²) in [6.45, 7) is 0. The largest absolute Gasteiger partial charge is 0.249 e. The highest BCUT2D eigenvalue weighted by atomic mass is 35.7. The van der Waals surface area contributed by atoms with E-state index in [9.17, 15) is 0 Å². The van der Waals surface area contributed by atoms with Crippen LogP contribution in [-0.4, -0.2) is 0 Å². The molecule has 11 heteroatoms. The van der Waals surface area contributed by atoms with Crippen LogP contribution in [0.15, 0.2) is 104 Å². The molecule has 44 heavy (non-hydrogen) atoms. The molecule has 2 aliphatic carbocycles. The molecule has 1 aliphatic heterocycles. The van der Waals surface area contributed by atoms with Gasteiger partial charge in [0.15, 0.2) is 0 Å². The lowest BCUT2D eigenvalue weighted by atomic mass is 10.0. The van der Waals surface area contributed by atoms with E-state index >= 15 is 0 Å². The van der Waals surface area contributed by atoms with E-state index in [1.54, 1.807) is 11.1 Å². The molecule has 0 bridgehead atoms. The molecule has 8 rings (SSSR count). The minimum absolute atomic E-state index is 1.13. The number of thiophene rings is 4. The molecule has 0 atom stereocenters. The molecule has 0 radical (unpaired) electrons. The van der Waals surface area contributed by atoms with Gasteiger partial charge in [0.1, 0.15) is 0 Å². The van der Waals surface area contributed by atoms with E-state index in [0.717, 1.165) is 25.7 Å². The lowest BCUT2D eigenvalue weighted by Gasteiger charge is -2.19. The van der Waals surface area contributed by atoms with E-state index < -0.39 is 10.2 Å². The first-order valence-corrected chi connectivity index (χ1v) is 20.0. The Kier molecular flexibility index (Phi) is 8.93. The number of allylic oxidation sites excluding steroid dienone is 6. The lowest BCUT2D eigenvalue weighted by Crippen LogP contribution is -2.68. The van der Waals surface area contributed by atoms with Crippen LogP contribution >= 0.6 is 68.4 Å². The van der Waals surface area contributed by atoms with Gasteiger partial charge < -0.3 is 0 Å². The van der Waals surface area contributed by atoms with Gasteiger partial charge in [-0.05, 0) is 100 Å². The zero-order valence-electron chi connectivity index (χ0n) is 22.9. The van der Waals surface area contributed by atoms with Crippen LogP contribution in [0.25, 0.3) is 36.2 Å². The first kappa shape index (κ1) is 30.5. The Bertz CT molecular complexity index is 1900. The molecule has 0 saturated carbocycles. The second-order valence-electron chi connectivity index (χ2n) is 10.1. The minimum atomic E-state index is -4.94. The smallest absolute Gasteiger partial charge is 0.222 e. The maximum Gasteiger partial charge on any atom is 0.249 e. The Hall–Kier alpha value is -2.19. The zero-order chi connectivity index (χ0) is 30.3. The third kappa shape index (κ3) is 6.53. The van der Waals surface area contributed by atoms with E-state index in [2.05, 4.69) is 88.3 Å². The van der Waals surface area contributed by atoms with E-state index in [1.807, 2.05) is 68.4 Å². The predicted molar refractivity (Wildman–Crippen MR) is 179 cm³/mol. The minimum Gasteiger partial charge on any atom is -0.222 e. The molecule has 6 heterocycles. The van der Waals surface area contributed by atoms with Crippen molar-refractivity contribution in [3.8, 4) is 20.2 Å². The maximum atomic E-state index is 8.49. The monoisotopic (exact) mass is 710 g/mol. The van der Waals surface area contributed by atoms with Crippen molar-refractivity contribution in [3.63, 3.8) is 0 Å². The molecule has 0 spiro atoms. The summed E-state index contributed by atoms with van der Waals surface area (Å²) in [6, 6.07) is 20.3. The molecule has 0 saturated heterocycles. The Morgan fingerprint density at radius 3 is 1.95 bits per heavy atom. The van der Waals surface area contributed by atoms with Gasteiger partial charge in [0.2, 0.25) is 21.1 Å². The molecule has 0 amide bonds. The number of hydrogen-bond donors (Lipinski definition) is 0. The highest BCUT2D eigenvalue weighted by molar-refractivity contribution is 8.12. The normalized spacial score (nSPS) is 17.1. The summed E-state index contributed by atoms with van der Waals surface area (Å²) in [5.74, 6) is 0. The van der Waals surface area contributed by atoms with Crippen molar-refractivity contribution < 1.29 is 28.9 Å². The Labute approximate surface area is 281 Å². The Balaban J connectivity index is 0.000000581. The van der Waals surface area contributed by atoms with Crippen LogP contribution in [0.4, 0.5) is 0 Å². The third-order valence-corrected chi connectivity index (χ3v) is 13.9. The van der Waals surface area contributed by atoms with E-state index in [0.29, 0.717) is 0 Å². The zero-order valence-corrected chi connectivity index (χ0v) is 28.6. The summed E-state index contributed by atoms with van der Waals surface area (Å²) in [7, 11) is -4.94. The molecule has 222 valence electrons. The van der Waals surface area contributed by atoms with Gasteiger partial charge in [-0.2, -0.15) is 0 Å². The first-order valence-electron chi connectivity index (χ1n) is 13.7. The topological polar surface area (TPSA) is 92.2 Å². The average Bonchev–Trinajstić information content (AvgIpc) is 3.83. The quantitative estimate of drug-likeness (QED) is 0.177. The number of hydrogen-bond acceptors (Lipinski definition) is 9. The molecule has 3 aliphatic rings. The molecular weight excluding hydrogens is 688 g/mol. The van der Waals surface area contributed by atoms with E-state index in [1.165, 1.54) is 61.4 Å². The van der Waals surface area contributed by atoms with Crippen molar-refractivity contribution in [1.29, 1.82) is 0 Å². The summed E-state index contributed by atoms with van der Waals surface area (Å²) in [6.07, 6.45) is 9.56. The first-order chi connectivity index (χ1) is 21.3. The molecule has 0 N–H and O–H groups in total. The molecule has 5 aromatic heterocycles. The van der Waals surface area contributed by atoms with Crippen LogP contribution in [-0.2, 0) is 6.42 Å². The van der Waals surface area contributed by atoms with Gasteiger partial charge in [-0.3, -0.25) is 0 Å². The predicted octanol–water partition coefficient (Wildman–Crippen LogP) is 7.47. The number of fused-ring (bicyclic) bond motifs is 2. The summed E-state index contributed by atoms with van der Waals surface area (Å²) in [5, 5.41) is 8.80. The number of thioether (sulfide) groups is 1. The maximum absolute atomic E-state index is 8.49. The van der Waals surface area contributed by atoms with E-state index in [4.69, 9.17) is 18.6 Å². The molecular formula is C33H23ClO4S6. The van der Waals surface area contributed by atoms with Crippen molar-refractivity contribution in [2.75, 3.05) is 0 Å². The number of rotatable bonds is 5. The fraction of sp³-hybridized carbons (Fsp3) is 0.121. The lowest BCUT2D eigenvalue weighted by molar-refractivity contribution is -2.00. The second-order valence-corrected chi connectivity index (χ2v) is 16.8. The van der Waals surface area contributed by atoms with Gasteiger partial charge in [-0.1, -0.05) is 36.0 Å². The standard InChI is InChI=1S/C33H23S6.ClHO4/c1-5-26(34-13-1)24-18-30(28-7-3-15-36-28)38-32-20(9-11-22(24)32)17-21-10-12-23-25(27-6-2-14-35-27)19-31(39-33(21)23)29-8-4-16-37-29;2-1(3,4)5/h1-8,13-19H,9-12H2;(H,2,3,4,5)/q+1;/p-1. The summed E-state index contributed by atoms with van der Waals surface area (Å²) in [4.78, 5) is 11.3. The fourth-order valence-electron chi connectivity index (χ4n) is 5.71. The van der Waals surface area contributed by atoms with Crippen LogP contribution in [0.5, 0.6) is 0 Å². The van der Waals surface area contributed by atoms with Crippen LogP contribution in [0.3, 0.4) is 0 Å². The number of halogens is 1. The van der Waals surface area contributed by atoms with Crippen molar-refractivity contribution in [2.24, 2.45) is 0 Å². The Morgan fingerprint density at radius 2 is 1.32 bits per heavy atom. The van der Waals surface area contributed by atoms with Gasteiger partial charge in [0.25, 0.3) is 0 Å². The van der Waals surface area contributed by atoms with Gasteiger partial charge >= 0.3 is 0 Å². The molecule has 5 aromatic rings. The summed E-state index contributed by atoms with van der Waals surface area (Å²) in [5.41, 5.74) is 9.02. The van der Waals surface area contributed by atoms with E-state index in [-0.39, 0.29) is 0 Å². The summed E-state index contributed by atoms with van der Waals surface area (Å²) >= 11 is 11.4. The summed E-state index contributed by atoms with van der Waals surface area (Å²) < 4.78 is 34.0. The van der Waals surface area contributed by atoms with Gasteiger partial charge in [0, 0.05) is 47.2 Å². The highest BCUT2D eigenvalue weighted by Crippen LogP contribution is 2.55. The third-order valence-electron chi connectivity index (χ3n) is 7.50. The molecule has 0 aromatic carbocycles. The SMILES string of the molecule is C1=C(c2cccs2)SC2=C(/C=C3\CCc4c(-c5cccs5)cc(-c5cccs5)[s+]c43)CCC2=C1c1cccs1.[O-][Cl+3]([O-])([O-])[O-]. The van der Waals surface area contributed by atoms with Crippen molar-refractivity contribution in [3.05, 3.63) is 125 Å². The van der Waals surface area contributed by atoms with Gasteiger partial charge in [-0.25, -0.2) is 18.6 Å². The Morgan fingerprint density at radius 1 is 0.705 bits per heavy atom. The molecule has 4 nitrogen and oxygen atoms in total. The molecule has 0 fully saturated rings. The van der Waals surface area contributed by atoms with Crippen molar-refractivity contribution >= 4 is 84.5 Å². The molecule has 0 unspecified atom stereocenters. The highest BCUT2D eigenvalue weighted by Gasteiger charge is 2.34. The second kappa shape index (κ2) is 12.9. The van der Waals surface area contributed by atoms with Crippen LogP contribution in [0.1, 0.15) is 39.5 Å². The van der Waals surface area contributed by atoms with Crippen LogP contribution < -0.4 is 18.6 Å². The fourth-order valence-corrected chi connectivity index (χ4v) is 11.4. The van der Waals surface area contributed by atoms with Crippen LogP contribution in [0, 0.1) is 10.2 Å². The van der Waals surface area contributed by atoms with Gasteiger partial charge in [-0.15, -0.1) is 55.6 Å². The van der Waals surface area contributed by atoms with Crippen molar-refractivity contribution in [1.82, 2.24) is 0 Å². The average molecular weight is 711 g/mol. The van der Waals surface area contributed by atoms with Crippen molar-refractivity contribution in [2.45, 2.75) is 25.7 Å². The van der Waals surface area contributed by atoms with Gasteiger partial charge in [0.05, 0.1) is 4.88 Å².